The molecule has 0 spiro atoms. The summed E-state index contributed by atoms with van der Waals surface area (Å²) >= 11 is 0. The Bertz CT molecular complexity index is 515. The van der Waals surface area contributed by atoms with Gasteiger partial charge in [0.25, 0.3) is 0 Å². The highest BCUT2D eigenvalue weighted by molar-refractivity contribution is 6.04. The first kappa shape index (κ1) is 7.56. The second-order valence-corrected chi connectivity index (χ2v) is 3.25. The highest BCUT2D eigenvalue weighted by atomic mass is 15.0. The number of anilines is 1. The third-order valence-corrected chi connectivity index (χ3v) is 2.41. The average molecular weight is 180 g/mol. The Labute approximate surface area is 82.3 Å². The third kappa shape index (κ3) is 1.01. The first-order valence-corrected chi connectivity index (χ1v) is 4.51. The van der Waals surface area contributed by atoms with Gasteiger partial charge in [0.15, 0.2) is 0 Å². The van der Waals surface area contributed by atoms with Crippen LogP contribution < -0.4 is 5.32 Å². The Morgan fingerprint density at radius 2 is 2.00 bits per heavy atom. The molecule has 0 atom stereocenters. The molecule has 2 aromatic rings. The molecule has 0 unspecified atom stereocenters. The van der Waals surface area contributed by atoms with Crippen LogP contribution in [-0.2, 0) is 0 Å². The van der Waals surface area contributed by atoms with Crippen molar-refractivity contribution < 1.29 is 0 Å². The van der Waals surface area contributed by atoms with E-state index >= 15 is 0 Å². The van der Waals surface area contributed by atoms with Crippen molar-refractivity contribution >= 4 is 22.7 Å². The van der Waals surface area contributed by atoms with Crippen LogP contribution in [0.1, 0.15) is 5.56 Å². The molecule has 2 aromatic carbocycles. The van der Waals surface area contributed by atoms with Gasteiger partial charge in [0.1, 0.15) is 0 Å². The van der Waals surface area contributed by atoms with Gasteiger partial charge in [-0.15, -0.1) is 0 Å². The number of fused-ring (bicyclic) bond motifs is 3. The smallest absolute Gasteiger partial charge is 0.226 e. The highest BCUT2D eigenvalue weighted by Gasteiger charge is 2.08. The van der Waals surface area contributed by atoms with Gasteiger partial charge in [-0.3, -0.25) is 4.99 Å². The minimum absolute atomic E-state index is 1.10. The van der Waals surface area contributed by atoms with Gasteiger partial charge in [-0.2, -0.15) is 0 Å². The maximum Gasteiger partial charge on any atom is 0.226 e. The van der Waals surface area contributed by atoms with E-state index in [4.69, 9.17) is 0 Å². The van der Waals surface area contributed by atoms with Crippen molar-refractivity contribution in [2.75, 3.05) is 5.32 Å². The molecule has 0 aromatic heterocycles. The summed E-state index contributed by atoms with van der Waals surface area (Å²) in [5.41, 5.74) is 2.21. The highest BCUT2D eigenvalue weighted by Crippen LogP contribution is 2.28. The van der Waals surface area contributed by atoms with E-state index in [1.807, 2.05) is 18.3 Å². The lowest BCUT2D eigenvalue weighted by Crippen LogP contribution is -2.03. The van der Waals surface area contributed by atoms with E-state index in [-0.39, 0.29) is 0 Å². The fourth-order valence-electron chi connectivity index (χ4n) is 1.73. The zero-order valence-corrected chi connectivity index (χ0v) is 7.49. The molecule has 2 heteroatoms. The predicted molar refractivity (Wildman–Crippen MR) is 58.4 cm³/mol. The van der Waals surface area contributed by atoms with E-state index in [1.165, 1.54) is 10.8 Å². The van der Waals surface area contributed by atoms with Crippen molar-refractivity contribution in [1.29, 1.82) is 0 Å². The molecule has 66 valence electrons. The zero-order chi connectivity index (χ0) is 9.38. The largest absolute Gasteiger partial charge is 0.353 e. The number of aliphatic imine (C=N–C) groups is 1. The van der Waals surface area contributed by atoms with E-state index in [9.17, 15) is 0 Å². The number of benzene rings is 2. The summed E-state index contributed by atoms with van der Waals surface area (Å²) in [7, 11) is 0. The molecule has 1 aliphatic rings. The maximum absolute atomic E-state index is 3.94. The molecule has 0 fully saturated rings. The van der Waals surface area contributed by atoms with Gasteiger partial charge in [-0.25, -0.2) is 0 Å². The number of nitrogens with one attached hydrogen (secondary N) is 1. The Kier molecular flexibility index (Phi) is 1.53. The van der Waals surface area contributed by atoms with Crippen LogP contribution in [0.3, 0.4) is 0 Å². The summed E-state index contributed by atoms with van der Waals surface area (Å²) < 4.78 is 0. The zero-order valence-electron chi connectivity index (χ0n) is 7.49. The molecule has 2 nitrogen and oxygen atoms in total. The quantitative estimate of drug-likeness (QED) is 0.662. The van der Waals surface area contributed by atoms with Crippen LogP contribution in [0.25, 0.3) is 10.8 Å². The summed E-state index contributed by atoms with van der Waals surface area (Å²) in [4.78, 5) is 3.94. The standard InChI is InChI=1S/C12H8N2/c1-2-4-11-9(3-1)5-6-10-7-13-8-14-12(10)11/h1-7,14H. The molecule has 0 saturated heterocycles. The number of nitrogens with zero attached hydrogens (tertiary/aromatic N) is 1. The van der Waals surface area contributed by atoms with Crippen molar-refractivity contribution in [3.63, 3.8) is 0 Å². The fraction of sp³-hybridized carbons (Fsp3) is 0. The Hall–Kier alpha value is -1.83. The minimum Gasteiger partial charge on any atom is -0.353 e. The first-order chi connectivity index (χ1) is 6.95. The Morgan fingerprint density at radius 1 is 1.07 bits per heavy atom. The van der Waals surface area contributed by atoms with Crippen molar-refractivity contribution in [1.82, 2.24) is 0 Å². The summed E-state index contributed by atoms with van der Waals surface area (Å²) in [6.45, 7) is 2.75. The molecule has 2 radical (unpaired) electrons. The fourth-order valence-corrected chi connectivity index (χ4v) is 1.73. The summed E-state index contributed by atoms with van der Waals surface area (Å²) in [5, 5.41) is 5.50. The van der Waals surface area contributed by atoms with E-state index in [0.717, 1.165) is 11.3 Å². The molecular formula is C12H8N2. The van der Waals surface area contributed by atoms with Gasteiger partial charge >= 0.3 is 0 Å². The molecule has 14 heavy (non-hydrogen) atoms. The molecule has 3 rings (SSSR count). The summed E-state index contributed by atoms with van der Waals surface area (Å²) in [6, 6.07) is 12.4. The van der Waals surface area contributed by atoms with Crippen molar-refractivity contribution in [2.24, 2.45) is 4.99 Å². The van der Waals surface area contributed by atoms with Crippen LogP contribution in [0.4, 0.5) is 5.69 Å². The van der Waals surface area contributed by atoms with Gasteiger partial charge in [0.05, 0.1) is 5.69 Å². The van der Waals surface area contributed by atoms with Crippen molar-refractivity contribution in [2.45, 2.75) is 0 Å². The molecule has 0 bridgehead atoms. The van der Waals surface area contributed by atoms with Crippen LogP contribution in [-0.4, -0.2) is 6.21 Å². The maximum atomic E-state index is 3.94. The lowest BCUT2D eigenvalue weighted by molar-refractivity contribution is 1.30. The second-order valence-electron chi connectivity index (χ2n) is 3.25. The van der Waals surface area contributed by atoms with E-state index in [0.29, 0.717) is 0 Å². The SMILES string of the molecule is [C]1N=Cc2ccc3ccccc3c2N1. The second kappa shape index (κ2) is 2.84. The molecule has 0 saturated carbocycles. The van der Waals surface area contributed by atoms with Gasteiger partial charge < -0.3 is 5.32 Å². The molecule has 1 N–H and O–H groups in total. The topological polar surface area (TPSA) is 24.4 Å². The van der Waals surface area contributed by atoms with Crippen LogP contribution in [0.5, 0.6) is 0 Å². The van der Waals surface area contributed by atoms with Crippen LogP contribution in [0, 0.1) is 6.67 Å². The van der Waals surface area contributed by atoms with Crippen LogP contribution in [0.2, 0.25) is 0 Å². The van der Waals surface area contributed by atoms with Gasteiger partial charge in [0, 0.05) is 17.2 Å². The first-order valence-electron chi connectivity index (χ1n) is 4.51. The van der Waals surface area contributed by atoms with Gasteiger partial charge in [-0.1, -0.05) is 36.4 Å². The molecular weight excluding hydrogens is 172 g/mol. The molecule has 0 aliphatic carbocycles. The average Bonchev–Trinajstić information content (AvgIpc) is 2.29. The molecule has 1 heterocycles. The lowest BCUT2D eigenvalue weighted by Gasteiger charge is -2.13. The number of rotatable bonds is 0. The van der Waals surface area contributed by atoms with Crippen molar-refractivity contribution in [3.8, 4) is 0 Å². The van der Waals surface area contributed by atoms with Gasteiger partial charge in [-0.05, 0) is 5.39 Å². The number of hydrogen-bond donors (Lipinski definition) is 1. The normalized spacial score (nSPS) is 13.7. The molecule has 0 amide bonds. The lowest BCUT2D eigenvalue weighted by atomic mass is 10.0. The molecule has 1 aliphatic heterocycles. The minimum atomic E-state index is 1.10. The van der Waals surface area contributed by atoms with E-state index in [2.05, 4.69) is 41.2 Å². The monoisotopic (exact) mass is 180 g/mol. The van der Waals surface area contributed by atoms with Crippen LogP contribution >= 0.6 is 0 Å². The predicted octanol–water partition coefficient (Wildman–Crippen LogP) is 2.68. The van der Waals surface area contributed by atoms with Crippen LogP contribution in [0.15, 0.2) is 41.4 Å². The summed E-state index contributed by atoms with van der Waals surface area (Å²) in [5.74, 6) is 0. The third-order valence-electron chi connectivity index (χ3n) is 2.41. The summed E-state index contributed by atoms with van der Waals surface area (Å²) in [6.07, 6.45) is 1.82. The Morgan fingerprint density at radius 3 is 3.00 bits per heavy atom. The van der Waals surface area contributed by atoms with Gasteiger partial charge in [0.2, 0.25) is 6.67 Å². The Balaban J connectivity index is 2.41. The van der Waals surface area contributed by atoms with E-state index in [1.54, 1.807) is 0 Å². The van der Waals surface area contributed by atoms with Crippen molar-refractivity contribution in [3.05, 3.63) is 48.6 Å². The van der Waals surface area contributed by atoms with E-state index < -0.39 is 0 Å². The number of hydrogen-bond acceptors (Lipinski definition) is 2.